The quantitative estimate of drug-likeness (QED) is 0.280. The fourth-order valence-corrected chi connectivity index (χ4v) is 0.470. The molecule has 0 aliphatic carbocycles. The van der Waals surface area contributed by atoms with Crippen LogP contribution in [-0.2, 0) is 9.78 Å². The summed E-state index contributed by atoms with van der Waals surface area (Å²) < 4.78 is 0. The third-order valence-electron chi connectivity index (χ3n) is 1.05. The second-order valence-electron chi connectivity index (χ2n) is 2.00. The fourth-order valence-electron chi connectivity index (χ4n) is 0.470. The molecule has 0 atom stereocenters. The van der Waals surface area contributed by atoms with E-state index in [1.54, 1.807) is 13.8 Å². The summed E-state index contributed by atoms with van der Waals surface area (Å²) in [6.07, 6.45) is 0. The van der Waals surface area contributed by atoms with Crippen LogP contribution in [0.15, 0.2) is 23.6 Å². The zero-order valence-corrected chi connectivity index (χ0v) is 6.60. The number of allylic oxidation sites excluding steroid dienone is 2. The van der Waals surface area contributed by atoms with Crippen molar-refractivity contribution in [2.24, 2.45) is 5.73 Å². The summed E-state index contributed by atoms with van der Waals surface area (Å²) in [6.45, 7) is 7.16. The van der Waals surface area contributed by atoms with Crippen LogP contribution >= 0.6 is 0 Å². The first-order chi connectivity index (χ1) is 4.59. The zero-order chi connectivity index (χ0) is 8.15. The smallest absolute Gasteiger partial charge is 0.162 e. The number of hydrogen-bond acceptors (Lipinski definition) is 3. The van der Waals surface area contributed by atoms with E-state index in [2.05, 4.69) is 16.4 Å². The average molecular weight is 143 g/mol. The molecule has 10 heavy (non-hydrogen) atoms. The lowest BCUT2D eigenvalue weighted by molar-refractivity contribution is -0.237. The van der Waals surface area contributed by atoms with Crippen LogP contribution in [0.3, 0.4) is 0 Å². The van der Waals surface area contributed by atoms with Crippen LogP contribution in [0.4, 0.5) is 0 Å². The van der Waals surface area contributed by atoms with Gasteiger partial charge in [-0.1, -0.05) is 6.58 Å². The Kier molecular flexibility index (Phi) is 3.57. The summed E-state index contributed by atoms with van der Waals surface area (Å²) in [5, 5.41) is 0. The Labute approximate surface area is 61.0 Å². The molecule has 3 heteroatoms. The van der Waals surface area contributed by atoms with Gasteiger partial charge in [0.1, 0.15) is 0 Å². The Morgan fingerprint density at radius 2 is 1.90 bits per heavy atom. The third-order valence-corrected chi connectivity index (χ3v) is 1.05. The van der Waals surface area contributed by atoms with E-state index in [9.17, 15) is 0 Å². The Bertz CT molecular complexity index is 161. The van der Waals surface area contributed by atoms with Crippen LogP contribution < -0.4 is 5.73 Å². The van der Waals surface area contributed by atoms with Gasteiger partial charge in [-0.15, -0.1) is 0 Å². The van der Waals surface area contributed by atoms with Gasteiger partial charge in [-0.05, 0) is 19.4 Å². The summed E-state index contributed by atoms with van der Waals surface area (Å²) in [7, 11) is 1.43. The van der Waals surface area contributed by atoms with E-state index in [4.69, 9.17) is 5.73 Å². The van der Waals surface area contributed by atoms with Crippen LogP contribution in [0.25, 0.3) is 0 Å². The molecule has 0 bridgehead atoms. The molecule has 58 valence electrons. The van der Waals surface area contributed by atoms with Crippen molar-refractivity contribution in [3.8, 4) is 0 Å². The summed E-state index contributed by atoms with van der Waals surface area (Å²) in [6, 6.07) is 0. The molecule has 0 amide bonds. The van der Waals surface area contributed by atoms with Crippen molar-refractivity contribution in [1.29, 1.82) is 0 Å². The van der Waals surface area contributed by atoms with Crippen molar-refractivity contribution < 1.29 is 9.78 Å². The predicted octanol–water partition coefficient (Wildman–Crippen LogP) is 1.33. The largest absolute Gasteiger partial charge is 0.396 e. The van der Waals surface area contributed by atoms with E-state index in [1.165, 1.54) is 7.11 Å². The van der Waals surface area contributed by atoms with Gasteiger partial charge in [-0.2, -0.15) is 4.89 Å². The minimum absolute atomic E-state index is 0.529. The minimum atomic E-state index is 0.529. The molecule has 0 unspecified atom stereocenters. The average Bonchev–Trinajstić information content (AvgIpc) is 1.87. The highest BCUT2D eigenvalue weighted by Gasteiger charge is 1.98. The van der Waals surface area contributed by atoms with Crippen molar-refractivity contribution >= 4 is 0 Å². The van der Waals surface area contributed by atoms with Crippen LogP contribution in [0.5, 0.6) is 0 Å². The van der Waals surface area contributed by atoms with Gasteiger partial charge < -0.3 is 10.6 Å². The van der Waals surface area contributed by atoms with E-state index in [0.717, 1.165) is 5.57 Å². The van der Waals surface area contributed by atoms with Crippen molar-refractivity contribution in [2.75, 3.05) is 7.11 Å². The molecule has 0 saturated heterocycles. The SMILES string of the molecule is C=C(C)/C(N)=C(\C)OOC. The molecule has 0 rings (SSSR count). The van der Waals surface area contributed by atoms with Gasteiger partial charge in [0.05, 0.1) is 12.8 Å². The van der Waals surface area contributed by atoms with Crippen LogP contribution in [0, 0.1) is 0 Å². The van der Waals surface area contributed by atoms with Gasteiger partial charge in [0.15, 0.2) is 5.76 Å². The monoisotopic (exact) mass is 143 g/mol. The van der Waals surface area contributed by atoms with Gasteiger partial charge in [-0.25, -0.2) is 0 Å². The van der Waals surface area contributed by atoms with Crippen molar-refractivity contribution in [3.05, 3.63) is 23.6 Å². The van der Waals surface area contributed by atoms with Crippen LogP contribution in [0.1, 0.15) is 13.8 Å². The number of hydrogen-bond donors (Lipinski definition) is 1. The molecule has 0 heterocycles. The van der Waals surface area contributed by atoms with Gasteiger partial charge >= 0.3 is 0 Å². The van der Waals surface area contributed by atoms with E-state index in [1.807, 2.05) is 0 Å². The standard InChI is InChI=1S/C7H13NO2/c1-5(2)7(8)6(3)10-9-4/h1,8H2,2-4H3/b7-6-. The second kappa shape index (κ2) is 3.95. The van der Waals surface area contributed by atoms with E-state index in [-0.39, 0.29) is 0 Å². The van der Waals surface area contributed by atoms with E-state index >= 15 is 0 Å². The number of rotatable bonds is 3. The fraction of sp³-hybridized carbons (Fsp3) is 0.429. The molecule has 0 spiro atoms. The zero-order valence-electron chi connectivity index (χ0n) is 6.60. The summed E-state index contributed by atoms with van der Waals surface area (Å²) in [5.41, 5.74) is 6.82. The topological polar surface area (TPSA) is 44.5 Å². The third kappa shape index (κ3) is 2.55. The summed E-state index contributed by atoms with van der Waals surface area (Å²) in [5.74, 6) is 0.537. The van der Waals surface area contributed by atoms with Crippen molar-refractivity contribution in [2.45, 2.75) is 13.8 Å². The van der Waals surface area contributed by atoms with E-state index in [0.29, 0.717) is 11.5 Å². The number of nitrogens with two attached hydrogens (primary N) is 1. The molecule has 0 aromatic heterocycles. The highest BCUT2D eigenvalue weighted by atomic mass is 17.2. The maximum atomic E-state index is 5.52. The Hall–Kier alpha value is -0.960. The molecule has 0 aromatic rings. The van der Waals surface area contributed by atoms with E-state index < -0.39 is 0 Å². The van der Waals surface area contributed by atoms with Gasteiger partial charge in [0, 0.05) is 0 Å². The molecule has 0 aliphatic rings. The predicted molar refractivity (Wildman–Crippen MR) is 39.8 cm³/mol. The summed E-state index contributed by atoms with van der Waals surface area (Å²) >= 11 is 0. The normalized spacial score (nSPS) is 12.3. The second-order valence-corrected chi connectivity index (χ2v) is 2.00. The molecular formula is C7H13NO2. The molecule has 0 aliphatic heterocycles. The maximum absolute atomic E-state index is 5.52. The van der Waals surface area contributed by atoms with Crippen LogP contribution in [-0.4, -0.2) is 7.11 Å². The lowest BCUT2D eigenvalue weighted by Gasteiger charge is -2.04. The Morgan fingerprint density at radius 1 is 1.40 bits per heavy atom. The molecule has 0 fully saturated rings. The maximum Gasteiger partial charge on any atom is 0.162 e. The minimum Gasteiger partial charge on any atom is -0.396 e. The molecule has 2 N–H and O–H groups in total. The first-order valence-electron chi connectivity index (χ1n) is 2.92. The van der Waals surface area contributed by atoms with Gasteiger partial charge in [-0.3, -0.25) is 0 Å². The molecule has 0 aromatic carbocycles. The van der Waals surface area contributed by atoms with Gasteiger partial charge in [0.25, 0.3) is 0 Å². The van der Waals surface area contributed by atoms with Crippen molar-refractivity contribution in [1.82, 2.24) is 0 Å². The lowest BCUT2D eigenvalue weighted by Crippen LogP contribution is -2.03. The highest BCUT2D eigenvalue weighted by Crippen LogP contribution is 2.06. The lowest BCUT2D eigenvalue weighted by atomic mass is 10.2. The highest BCUT2D eigenvalue weighted by molar-refractivity contribution is 5.24. The molecule has 0 saturated carbocycles. The Morgan fingerprint density at radius 3 is 2.20 bits per heavy atom. The van der Waals surface area contributed by atoms with Crippen LogP contribution in [0.2, 0.25) is 0 Å². The van der Waals surface area contributed by atoms with Gasteiger partial charge in [0.2, 0.25) is 0 Å². The Balaban J connectivity index is 4.19. The summed E-state index contributed by atoms with van der Waals surface area (Å²) in [4.78, 5) is 9.05. The first-order valence-corrected chi connectivity index (χ1v) is 2.92. The van der Waals surface area contributed by atoms with Crippen molar-refractivity contribution in [3.63, 3.8) is 0 Å². The molecule has 0 radical (unpaired) electrons. The molecular weight excluding hydrogens is 130 g/mol. The molecule has 3 nitrogen and oxygen atoms in total. The first kappa shape index (κ1) is 9.04.